The van der Waals surface area contributed by atoms with E-state index in [0.29, 0.717) is 0 Å². The van der Waals surface area contributed by atoms with Crippen LogP contribution in [-0.4, -0.2) is 84.1 Å². The van der Waals surface area contributed by atoms with Gasteiger partial charge in [0.2, 0.25) is 17.4 Å². The number of thioether (sulfide) groups is 2. The van der Waals surface area contributed by atoms with Crippen molar-refractivity contribution < 1.29 is 33.9 Å². The fraction of sp³-hybridized carbons (Fsp3) is 0.257. The van der Waals surface area contributed by atoms with Crippen molar-refractivity contribution in [3.63, 3.8) is 0 Å². The summed E-state index contributed by atoms with van der Waals surface area (Å²) in [5.41, 5.74) is 5.82. The standard InChI is InChI=1S/C35H33N7O7S3/c36-34-39-29(41-52-34)26(40-48-17-8-14-25(43)49-28(22-9-3-1-4-10-22)23-11-5-2-6-12-23)30(44)38-27-31(45)42-20-35(33(46)47,21-51-32(27)42)15-18-50-24-13-7-16-37-19-24/h1-7,9-13,15-16,18-19,27-28,32H,8,14,17,20-21H2,(H,38,44)(H,46,47)(H2,36,39,41)/t27?,32-,35?/m1/s1. The second-order valence-electron chi connectivity index (χ2n) is 11.7. The van der Waals surface area contributed by atoms with Gasteiger partial charge in [-0.2, -0.15) is 9.36 Å². The van der Waals surface area contributed by atoms with E-state index in [9.17, 15) is 24.3 Å². The number of oxime groups is 1. The summed E-state index contributed by atoms with van der Waals surface area (Å²) >= 11 is 3.45. The number of carboxylic acids is 1. The van der Waals surface area contributed by atoms with Crippen molar-refractivity contribution in [2.75, 3.05) is 24.6 Å². The molecule has 4 N–H and O–H groups in total. The Hall–Kier alpha value is -5.26. The SMILES string of the molecule is Nc1nc(C(=NOCCCC(=O)OC(c2ccccc2)c2ccccc2)C(=O)NC2C(=O)N3CC(C=CSc4cccnc4)(C(=O)O)CS[C@H]23)ns1. The number of rotatable bonds is 15. The van der Waals surface area contributed by atoms with Gasteiger partial charge in [-0.25, -0.2) is 0 Å². The molecule has 17 heteroatoms. The third-order valence-corrected chi connectivity index (χ3v) is 11.0. The van der Waals surface area contributed by atoms with E-state index in [1.165, 1.54) is 28.4 Å². The van der Waals surface area contributed by atoms with Crippen molar-refractivity contribution in [2.45, 2.75) is 35.3 Å². The molecule has 4 aromatic rings. The minimum absolute atomic E-state index is 0.0234. The van der Waals surface area contributed by atoms with E-state index in [1.807, 2.05) is 66.7 Å². The van der Waals surface area contributed by atoms with Crippen LogP contribution in [0.4, 0.5) is 5.13 Å². The molecule has 2 aliphatic rings. The Bertz CT molecular complexity index is 1910. The maximum absolute atomic E-state index is 13.4. The van der Waals surface area contributed by atoms with Crippen molar-refractivity contribution in [1.82, 2.24) is 24.6 Å². The Kier molecular flexibility index (Phi) is 11.8. The van der Waals surface area contributed by atoms with Crippen LogP contribution in [0.15, 0.2) is 107 Å². The highest BCUT2D eigenvalue weighted by molar-refractivity contribution is 8.02. The van der Waals surface area contributed by atoms with E-state index in [1.54, 1.807) is 29.9 Å². The number of benzene rings is 2. The summed E-state index contributed by atoms with van der Waals surface area (Å²) in [6, 6.07) is 21.6. The number of amides is 2. The second-order valence-corrected chi connectivity index (χ2v) is 14.6. The minimum Gasteiger partial charge on any atom is -0.481 e. The number of carboxylic acid groups (broad SMARTS) is 1. The highest BCUT2D eigenvalue weighted by atomic mass is 32.2. The predicted molar refractivity (Wildman–Crippen MR) is 196 cm³/mol. The molecule has 2 unspecified atom stereocenters. The quantitative estimate of drug-likeness (QED) is 0.0391. The number of carbonyl (C=O) groups excluding carboxylic acids is 3. The van der Waals surface area contributed by atoms with E-state index in [2.05, 4.69) is 24.8 Å². The van der Waals surface area contributed by atoms with Crippen LogP contribution in [0.2, 0.25) is 0 Å². The van der Waals surface area contributed by atoms with Crippen molar-refractivity contribution in [3.8, 4) is 0 Å². The fourth-order valence-corrected chi connectivity index (χ4v) is 8.16. The van der Waals surface area contributed by atoms with Gasteiger partial charge in [0.1, 0.15) is 23.4 Å². The number of anilines is 1. The number of fused-ring (bicyclic) bond motifs is 1. The summed E-state index contributed by atoms with van der Waals surface area (Å²) in [5, 5.41) is 18.1. The van der Waals surface area contributed by atoms with Gasteiger partial charge in [-0.1, -0.05) is 83.7 Å². The molecule has 2 aliphatic heterocycles. The fourth-order valence-electron chi connectivity index (χ4n) is 5.45. The molecule has 2 saturated heterocycles. The maximum Gasteiger partial charge on any atom is 0.316 e. The van der Waals surface area contributed by atoms with Crippen LogP contribution < -0.4 is 11.1 Å². The van der Waals surface area contributed by atoms with Crippen LogP contribution in [0, 0.1) is 5.41 Å². The van der Waals surface area contributed by atoms with Crippen LogP contribution in [0.5, 0.6) is 0 Å². The van der Waals surface area contributed by atoms with Crippen molar-refractivity contribution in [2.24, 2.45) is 10.6 Å². The second kappa shape index (κ2) is 16.8. The molecule has 0 radical (unpaired) electrons. The third-order valence-electron chi connectivity index (χ3n) is 8.14. The Morgan fingerprint density at radius 2 is 1.85 bits per heavy atom. The molecule has 2 amide bonds. The number of nitrogens with two attached hydrogens (primary N) is 1. The van der Waals surface area contributed by atoms with Crippen molar-refractivity contribution in [1.29, 1.82) is 0 Å². The molecule has 0 saturated carbocycles. The zero-order chi connectivity index (χ0) is 36.5. The Balaban J connectivity index is 1.04. The molecule has 0 bridgehead atoms. The number of nitrogens with zero attached hydrogens (tertiary/aromatic N) is 5. The number of carbonyl (C=O) groups is 4. The summed E-state index contributed by atoms with van der Waals surface area (Å²) < 4.78 is 9.91. The molecule has 2 aromatic carbocycles. The van der Waals surface area contributed by atoms with Crippen LogP contribution >= 0.6 is 35.1 Å². The third kappa shape index (κ3) is 8.60. The molecule has 0 aliphatic carbocycles. The molecule has 0 spiro atoms. The first-order valence-electron chi connectivity index (χ1n) is 16.0. The number of ether oxygens (including phenoxy) is 1. The van der Waals surface area contributed by atoms with E-state index >= 15 is 0 Å². The summed E-state index contributed by atoms with van der Waals surface area (Å²) in [6.45, 7) is -0.0886. The summed E-state index contributed by atoms with van der Waals surface area (Å²) in [7, 11) is 0. The highest BCUT2D eigenvalue weighted by Crippen LogP contribution is 2.43. The maximum atomic E-state index is 13.4. The average Bonchev–Trinajstić information content (AvgIpc) is 3.60. The molecular formula is C35H33N7O7S3. The van der Waals surface area contributed by atoms with Crippen LogP contribution in [0.3, 0.4) is 0 Å². The zero-order valence-electron chi connectivity index (χ0n) is 27.4. The first kappa shape index (κ1) is 36.5. The molecule has 3 atom stereocenters. The van der Waals surface area contributed by atoms with Gasteiger partial charge in [-0.3, -0.25) is 24.2 Å². The number of β-lactam (4-membered cyclic amide) rings is 1. The van der Waals surface area contributed by atoms with Crippen LogP contribution in [-0.2, 0) is 28.8 Å². The Morgan fingerprint density at radius 3 is 2.48 bits per heavy atom. The molecule has 4 heterocycles. The lowest BCUT2D eigenvalue weighted by atomic mass is 9.87. The molecule has 2 aromatic heterocycles. The zero-order valence-corrected chi connectivity index (χ0v) is 29.9. The topological polar surface area (TPSA) is 199 Å². The number of aliphatic carboxylic acids is 1. The summed E-state index contributed by atoms with van der Waals surface area (Å²) in [5.74, 6) is -2.60. The first-order chi connectivity index (χ1) is 25.2. The largest absolute Gasteiger partial charge is 0.481 e. The number of nitrogen functional groups attached to an aromatic ring is 1. The normalized spacial score (nSPS) is 19.9. The molecular weight excluding hydrogens is 727 g/mol. The number of hydrogen-bond acceptors (Lipinski definition) is 14. The Labute approximate surface area is 311 Å². The lowest BCUT2D eigenvalue weighted by Gasteiger charge is -2.53. The monoisotopic (exact) mass is 759 g/mol. The van der Waals surface area contributed by atoms with Gasteiger partial charge in [0.15, 0.2) is 11.2 Å². The van der Waals surface area contributed by atoms with Gasteiger partial charge < -0.3 is 30.6 Å². The first-order valence-corrected chi connectivity index (χ1v) is 18.7. The molecule has 52 heavy (non-hydrogen) atoms. The van der Waals surface area contributed by atoms with E-state index in [0.717, 1.165) is 27.6 Å². The number of nitrogens with one attached hydrogen (secondary N) is 1. The van der Waals surface area contributed by atoms with Crippen molar-refractivity contribution >= 4 is 69.7 Å². The van der Waals surface area contributed by atoms with Gasteiger partial charge in [-0.05, 0) is 35.1 Å². The summed E-state index contributed by atoms with van der Waals surface area (Å²) in [4.78, 5) is 67.7. The molecule has 6 rings (SSSR count). The van der Waals surface area contributed by atoms with E-state index in [-0.39, 0.29) is 48.4 Å². The summed E-state index contributed by atoms with van der Waals surface area (Å²) in [6.07, 6.45) is 4.59. The number of hydrogen-bond donors (Lipinski definition) is 3. The minimum atomic E-state index is -1.31. The lowest BCUT2D eigenvalue weighted by molar-refractivity contribution is -0.156. The highest BCUT2D eigenvalue weighted by Gasteiger charge is 2.57. The number of aromatic nitrogens is 3. The van der Waals surface area contributed by atoms with E-state index < -0.39 is 46.7 Å². The smallest absolute Gasteiger partial charge is 0.316 e. The van der Waals surface area contributed by atoms with Gasteiger partial charge >= 0.3 is 11.9 Å². The van der Waals surface area contributed by atoms with Crippen molar-refractivity contribution in [3.05, 3.63) is 114 Å². The Morgan fingerprint density at radius 1 is 1.12 bits per heavy atom. The van der Waals surface area contributed by atoms with E-state index in [4.69, 9.17) is 15.3 Å². The molecule has 2 fully saturated rings. The van der Waals surface area contributed by atoms with Gasteiger partial charge in [0.25, 0.3) is 5.91 Å². The van der Waals surface area contributed by atoms with Gasteiger partial charge in [0, 0.05) is 47.5 Å². The van der Waals surface area contributed by atoms with Crippen LogP contribution in [0.25, 0.3) is 0 Å². The lowest BCUT2D eigenvalue weighted by Crippen LogP contribution is -2.73. The predicted octanol–water partition coefficient (Wildman–Crippen LogP) is 4.13. The number of esters is 1. The van der Waals surface area contributed by atoms with Gasteiger partial charge in [0.05, 0.1) is 0 Å². The van der Waals surface area contributed by atoms with Crippen LogP contribution in [0.1, 0.15) is 35.9 Å². The molecule has 268 valence electrons. The van der Waals surface area contributed by atoms with Gasteiger partial charge in [-0.15, -0.1) is 11.8 Å². The number of pyridine rings is 1. The molecule has 14 nitrogen and oxygen atoms in total. The average molecular weight is 760 g/mol.